The van der Waals surface area contributed by atoms with Gasteiger partial charge in [0, 0.05) is 32.1 Å². The molecule has 1 aliphatic rings. The van der Waals surface area contributed by atoms with Crippen molar-refractivity contribution in [1.29, 1.82) is 0 Å². The molecule has 23 heavy (non-hydrogen) atoms. The molecular formula is C16H23FN2O3S. The lowest BCUT2D eigenvalue weighted by molar-refractivity contribution is -0.136. The Morgan fingerprint density at radius 3 is 2.30 bits per heavy atom. The SMILES string of the molecule is CCN(CC)C(=O)C1CCN(S(=O)(=O)c2ccccc2F)CC1. The molecule has 1 heterocycles. The van der Waals surface area contributed by atoms with Crippen LogP contribution in [0.15, 0.2) is 29.2 Å². The fraction of sp³-hybridized carbons (Fsp3) is 0.562. The van der Waals surface area contributed by atoms with Crippen LogP contribution in [0.25, 0.3) is 0 Å². The molecule has 128 valence electrons. The molecule has 0 atom stereocenters. The number of hydrogen-bond donors (Lipinski definition) is 0. The highest BCUT2D eigenvalue weighted by Crippen LogP contribution is 2.26. The maximum absolute atomic E-state index is 13.8. The third-order valence-electron chi connectivity index (χ3n) is 4.33. The standard InChI is InChI=1S/C16H23FN2O3S/c1-3-18(4-2)16(20)13-9-11-19(12-10-13)23(21,22)15-8-6-5-7-14(15)17/h5-8,13H,3-4,9-12H2,1-2H3. The van der Waals surface area contributed by atoms with E-state index in [1.807, 2.05) is 13.8 Å². The summed E-state index contributed by atoms with van der Waals surface area (Å²) in [6.45, 7) is 5.66. The molecule has 1 aliphatic heterocycles. The summed E-state index contributed by atoms with van der Waals surface area (Å²) >= 11 is 0. The van der Waals surface area contributed by atoms with Crippen LogP contribution in [0.5, 0.6) is 0 Å². The number of carbonyl (C=O) groups is 1. The van der Waals surface area contributed by atoms with Crippen LogP contribution in [-0.4, -0.2) is 49.7 Å². The summed E-state index contributed by atoms with van der Waals surface area (Å²) < 4.78 is 40.1. The number of amides is 1. The lowest BCUT2D eigenvalue weighted by atomic mass is 9.96. The Labute approximate surface area is 137 Å². The molecule has 0 aromatic heterocycles. The molecule has 1 saturated heterocycles. The average molecular weight is 342 g/mol. The van der Waals surface area contributed by atoms with E-state index in [0.717, 1.165) is 6.07 Å². The van der Waals surface area contributed by atoms with Gasteiger partial charge in [0.2, 0.25) is 15.9 Å². The summed E-state index contributed by atoms with van der Waals surface area (Å²) in [6.07, 6.45) is 0.950. The van der Waals surface area contributed by atoms with E-state index in [0.29, 0.717) is 25.9 Å². The van der Waals surface area contributed by atoms with Crippen LogP contribution in [0.2, 0.25) is 0 Å². The molecule has 1 aromatic rings. The predicted octanol–water partition coefficient (Wildman–Crippen LogP) is 2.09. The van der Waals surface area contributed by atoms with Gasteiger partial charge in [-0.25, -0.2) is 12.8 Å². The number of piperidine rings is 1. The summed E-state index contributed by atoms with van der Waals surface area (Å²) in [7, 11) is -3.84. The molecule has 2 rings (SSSR count). The fourth-order valence-electron chi connectivity index (χ4n) is 2.93. The second-order valence-electron chi connectivity index (χ2n) is 5.62. The Balaban J connectivity index is 2.07. The van der Waals surface area contributed by atoms with E-state index in [2.05, 4.69) is 0 Å². The molecule has 7 heteroatoms. The van der Waals surface area contributed by atoms with Gasteiger partial charge in [-0.15, -0.1) is 0 Å². The van der Waals surface area contributed by atoms with Crippen LogP contribution >= 0.6 is 0 Å². The van der Waals surface area contributed by atoms with Crippen LogP contribution < -0.4 is 0 Å². The van der Waals surface area contributed by atoms with E-state index >= 15 is 0 Å². The number of nitrogens with zero attached hydrogens (tertiary/aromatic N) is 2. The van der Waals surface area contributed by atoms with E-state index in [4.69, 9.17) is 0 Å². The Morgan fingerprint density at radius 1 is 1.22 bits per heavy atom. The van der Waals surface area contributed by atoms with E-state index in [-0.39, 0.29) is 29.8 Å². The molecular weight excluding hydrogens is 319 g/mol. The van der Waals surface area contributed by atoms with Gasteiger partial charge in [0.15, 0.2) is 0 Å². The maximum atomic E-state index is 13.8. The van der Waals surface area contributed by atoms with Gasteiger partial charge in [0.1, 0.15) is 10.7 Å². The molecule has 0 bridgehead atoms. The maximum Gasteiger partial charge on any atom is 0.245 e. The van der Waals surface area contributed by atoms with Crippen molar-refractivity contribution in [2.75, 3.05) is 26.2 Å². The highest BCUT2D eigenvalue weighted by Gasteiger charge is 2.34. The van der Waals surface area contributed by atoms with E-state index in [1.54, 1.807) is 4.90 Å². The van der Waals surface area contributed by atoms with E-state index in [9.17, 15) is 17.6 Å². The van der Waals surface area contributed by atoms with Gasteiger partial charge >= 0.3 is 0 Å². The van der Waals surface area contributed by atoms with Crippen molar-refractivity contribution in [3.05, 3.63) is 30.1 Å². The number of benzene rings is 1. The molecule has 0 N–H and O–H groups in total. The van der Waals surface area contributed by atoms with E-state index in [1.165, 1.54) is 22.5 Å². The smallest absolute Gasteiger partial charge is 0.245 e. The lowest BCUT2D eigenvalue weighted by Gasteiger charge is -2.33. The van der Waals surface area contributed by atoms with Crippen LogP contribution in [0.1, 0.15) is 26.7 Å². The molecule has 0 unspecified atom stereocenters. The van der Waals surface area contributed by atoms with Crippen molar-refractivity contribution in [3.63, 3.8) is 0 Å². The van der Waals surface area contributed by atoms with Crippen LogP contribution in [0.3, 0.4) is 0 Å². The van der Waals surface area contributed by atoms with Crippen molar-refractivity contribution in [2.45, 2.75) is 31.6 Å². The first-order chi connectivity index (χ1) is 10.9. The Kier molecular flexibility index (Phi) is 5.75. The Morgan fingerprint density at radius 2 is 1.78 bits per heavy atom. The summed E-state index contributed by atoms with van der Waals surface area (Å²) in [5.41, 5.74) is 0. The first kappa shape index (κ1) is 17.9. The predicted molar refractivity (Wildman–Crippen MR) is 85.8 cm³/mol. The van der Waals surface area contributed by atoms with Gasteiger partial charge < -0.3 is 4.90 Å². The zero-order valence-corrected chi connectivity index (χ0v) is 14.4. The van der Waals surface area contributed by atoms with Crippen molar-refractivity contribution in [1.82, 2.24) is 9.21 Å². The van der Waals surface area contributed by atoms with Crippen molar-refractivity contribution in [2.24, 2.45) is 5.92 Å². The minimum absolute atomic E-state index is 0.0814. The summed E-state index contributed by atoms with van der Waals surface area (Å²) in [5, 5.41) is 0. The van der Waals surface area contributed by atoms with Crippen LogP contribution in [-0.2, 0) is 14.8 Å². The normalized spacial score (nSPS) is 17.2. The number of sulfonamides is 1. The topological polar surface area (TPSA) is 57.7 Å². The third kappa shape index (κ3) is 3.72. The molecule has 1 aromatic carbocycles. The van der Waals surface area contributed by atoms with Crippen LogP contribution in [0, 0.1) is 11.7 Å². The minimum atomic E-state index is -3.84. The molecule has 1 amide bonds. The first-order valence-corrected chi connectivity index (χ1v) is 9.39. The molecule has 0 radical (unpaired) electrons. The van der Waals surface area contributed by atoms with E-state index < -0.39 is 15.8 Å². The zero-order chi connectivity index (χ0) is 17.0. The molecule has 5 nitrogen and oxygen atoms in total. The third-order valence-corrected chi connectivity index (χ3v) is 6.26. The number of hydrogen-bond acceptors (Lipinski definition) is 3. The number of carbonyl (C=O) groups excluding carboxylic acids is 1. The van der Waals surface area contributed by atoms with Crippen molar-refractivity contribution in [3.8, 4) is 0 Å². The quantitative estimate of drug-likeness (QED) is 0.823. The van der Waals surface area contributed by atoms with Gasteiger partial charge in [-0.1, -0.05) is 12.1 Å². The monoisotopic (exact) mass is 342 g/mol. The first-order valence-electron chi connectivity index (χ1n) is 7.95. The fourth-order valence-corrected chi connectivity index (χ4v) is 4.46. The number of halogens is 1. The lowest BCUT2D eigenvalue weighted by Crippen LogP contribution is -2.44. The van der Waals surface area contributed by atoms with Gasteiger partial charge in [-0.3, -0.25) is 4.79 Å². The second-order valence-corrected chi connectivity index (χ2v) is 7.53. The van der Waals surface area contributed by atoms with Gasteiger partial charge in [0.05, 0.1) is 0 Å². The molecule has 0 aliphatic carbocycles. The zero-order valence-electron chi connectivity index (χ0n) is 13.5. The minimum Gasteiger partial charge on any atom is -0.343 e. The Bertz CT molecular complexity index is 651. The molecule has 0 saturated carbocycles. The molecule has 0 spiro atoms. The largest absolute Gasteiger partial charge is 0.343 e. The highest BCUT2D eigenvalue weighted by molar-refractivity contribution is 7.89. The average Bonchev–Trinajstić information content (AvgIpc) is 2.56. The second kappa shape index (κ2) is 7.40. The van der Waals surface area contributed by atoms with Crippen molar-refractivity contribution < 1.29 is 17.6 Å². The Hall–Kier alpha value is -1.47. The van der Waals surface area contributed by atoms with Gasteiger partial charge in [0.25, 0.3) is 0 Å². The molecule has 1 fully saturated rings. The van der Waals surface area contributed by atoms with Crippen molar-refractivity contribution >= 4 is 15.9 Å². The van der Waals surface area contributed by atoms with Gasteiger partial charge in [-0.2, -0.15) is 4.31 Å². The summed E-state index contributed by atoms with van der Waals surface area (Å²) in [5.74, 6) is -0.811. The summed E-state index contributed by atoms with van der Waals surface area (Å²) in [4.78, 5) is 13.8. The van der Waals surface area contributed by atoms with Gasteiger partial charge in [-0.05, 0) is 38.8 Å². The summed E-state index contributed by atoms with van der Waals surface area (Å²) in [6, 6.07) is 5.39. The number of rotatable bonds is 5. The van der Waals surface area contributed by atoms with Crippen LogP contribution in [0.4, 0.5) is 4.39 Å². The highest BCUT2D eigenvalue weighted by atomic mass is 32.2.